The molecule has 0 heterocycles. The average molecular weight is 247 g/mol. The topological polar surface area (TPSA) is 0 Å². The zero-order chi connectivity index (χ0) is 11.5. The van der Waals surface area contributed by atoms with Crippen LogP contribution in [0.2, 0.25) is 0 Å². The van der Waals surface area contributed by atoms with E-state index in [9.17, 15) is 0 Å². The standard InChI is InChI=1S/C14H15ClSi/c1-10-5-7-11(8-6-10)14-12(9-15)3-2-4-13(14)16/h2-8H,9H2,1,16H3. The van der Waals surface area contributed by atoms with Gasteiger partial charge in [0, 0.05) is 16.1 Å². The minimum atomic E-state index is 0.583. The normalized spacial score (nSPS) is 10.6. The minimum Gasteiger partial charge on any atom is -0.122 e. The zero-order valence-corrected chi connectivity index (χ0v) is 12.4. The molecule has 0 fully saturated rings. The second kappa shape index (κ2) is 4.85. The summed E-state index contributed by atoms with van der Waals surface area (Å²) in [5, 5.41) is 1.42. The number of halogens is 1. The van der Waals surface area contributed by atoms with Gasteiger partial charge in [0.15, 0.2) is 0 Å². The van der Waals surface area contributed by atoms with E-state index in [1.807, 2.05) is 0 Å². The first-order valence-electron chi connectivity index (χ1n) is 5.44. The van der Waals surface area contributed by atoms with E-state index in [0.29, 0.717) is 5.88 Å². The van der Waals surface area contributed by atoms with Crippen LogP contribution in [0, 0.1) is 6.92 Å². The molecule has 82 valence electrons. The number of rotatable bonds is 2. The Labute approximate surface area is 105 Å². The lowest BCUT2D eigenvalue weighted by Gasteiger charge is -2.11. The van der Waals surface area contributed by atoms with E-state index in [2.05, 4.69) is 49.4 Å². The average Bonchev–Trinajstić information content (AvgIpc) is 2.30. The van der Waals surface area contributed by atoms with Crippen molar-refractivity contribution in [2.24, 2.45) is 0 Å². The van der Waals surface area contributed by atoms with E-state index in [-0.39, 0.29) is 0 Å². The first-order chi connectivity index (χ1) is 7.72. The number of benzene rings is 2. The third-order valence-corrected chi connectivity index (χ3v) is 3.96. The van der Waals surface area contributed by atoms with Crippen LogP contribution in [-0.2, 0) is 5.88 Å². The molecule has 2 aromatic rings. The van der Waals surface area contributed by atoms with Gasteiger partial charge in [-0.1, -0.05) is 53.2 Å². The van der Waals surface area contributed by atoms with Crippen LogP contribution < -0.4 is 5.19 Å². The maximum atomic E-state index is 6.00. The lowest BCUT2D eigenvalue weighted by atomic mass is 9.99. The predicted molar refractivity (Wildman–Crippen MR) is 75.7 cm³/mol. The van der Waals surface area contributed by atoms with Crippen LogP contribution in [0.4, 0.5) is 0 Å². The Bertz CT molecular complexity index is 489. The van der Waals surface area contributed by atoms with Crippen molar-refractivity contribution in [2.45, 2.75) is 12.8 Å². The highest BCUT2D eigenvalue weighted by Gasteiger charge is 2.06. The third-order valence-electron chi connectivity index (χ3n) is 2.84. The van der Waals surface area contributed by atoms with Crippen LogP contribution in [-0.4, -0.2) is 10.2 Å². The molecule has 0 spiro atoms. The van der Waals surface area contributed by atoms with Crippen molar-refractivity contribution in [1.29, 1.82) is 0 Å². The van der Waals surface area contributed by atoms with Gasteiger partial charge >= 0.3 is 0 Å². The summed E-state index contributed by atoms with van der Waals surface area (Å²) in [6.07, 6.45) is 0. The molecule has 2 heteroatoms. The second-order valence-electron chi connectivity index (χ2n) is 4.11. The first-order valence-corrected chi connectivity index (χ1v) is 6.97. The Kier molecular flexibility index (Phi) is 3.47. The summed E-state index contributed by atoms with van der Waals surface area (Å²) in [6, 6.07) is 15.1. The highest BCUT2D eigenvalue weighted by Crippen LogP contribution is 2.23. The SMILES string of the molecule is Cc1ccc(-c2c([SiH3])cccc2CCl)cc1. The van der Waals surface area contributed by atoms with E-state index in [1.54, 1.807) is 0 Å². The van der Waals surface area contributed by atoms with Gasteiger partial charge in [0.05, 0.1) is 0 Å². The number of hydrogen-bond acceptors (Lipinski definition) is 0. The van der Waals surface area contributed by atoms with Gasteiger partial charge in [0.1, 0.15) is 0 Å². The van der Waals surface area contributed by atoms with Gasteiger partial charge < -0.3 is 0 Å². The predicted octanol–water partition coefficient (Wildman–Crippen LogP) is 2.39. The van der Waals surface area contributed by atoms with Gasteiger partial charge in [-0.05, 0) is 23.6 Å². The zero-order valence-electron chi connectivity index (χ0n) is 9.63. The van der Waals surface area contributed by atoms with Gasteiger partial charge in [0.2, 0.25) is 0 Å². The van der Waals surface area contributed by atoms with E-state index in [4.69, 9.17) is 11.6 Å². The molecule has 2 rings (SSSR count). The fourth-order valence-electron chi connectivity index (χ4n) is 1.97. The molecule has 0 nitrogen and oxygen atoms in total. The summed E-state index contributed by atoms with van der Waals surface area (Å²) in [4.78, 5) is 0. The fraction of sp³-hybridized carbons (Fsp3) is 0.143. The van der Waals surface area contributed by atoms with Crippen molar-refractivity contribution in [2.75, 3.05) is 0 Å². The Hall–Kier alpha value is -1.05. The van der Waals surface area contributed by atoms with Gasteiger partial charge in [-0.25, -0.2) is 0 Å². The van der Waals surface area contributed by atoms with Crippen LogP contribution in [0.25, 0.3) is 11.1 Å². The van der Waals surface area contributed by atoms with Crippen LogP contribution >= 0.6 is 11.6 Å². The van der Waals surface area contributed by atoms with Crippen LogP contribution in [0.1, 0.15) is 11.1 Å². The Morgan fingerprint density at radius 1 is 1.06 bits per heavy atom. The Morgan fingerprint density at radius 2 is 1.75 bits per heavy atom. The monoisotopic (exact) mass is 246 g/mol. The fourth-order valence-corrected chi connectivity index (χ4v) is 3.00. The third kappa shape index (κ3) is 2.21. The van der Waals surface area contributed by atoms with Gasteiger partial charge in [-0.15, -0.1) is 11.6 Å². The molecule has 0 radical (unpaired) electrons. The summed E-state index contributed by atoms with van der Waals surface area (Å²) in [6.45, 7) is 2.11. The number of alkyl halides is 1. The van der Waals surface area contributed by atoms with E-state index in [0.717, 1.165) is 10.2 Å². The second-order valence-corrected chi connectivity index (χ2v) is 5.45. The molecule has 0 saturated carbocycles. The highest BCUT2D eigenvalue weighted by molar-refractivity contribution is 6.36. The smallest absolute Gasteiger partial charge is 0.0480 e. The molecule has 2 aromatic carbocycles. The molecular formula is C14H15ClSi. The molecule has 0 atom stereocenters. The van der Waals surface area contributed by atoms with Gasteiger partial charge in [-0.3, -0.25) is 0 Å². The molecule has 16 heavy (non-hydrogen) atoms. The molecule has 0 aliphatic rings. The highest BCUT2D eigenvalue weighted by atomic mass is 35.5. The molecule has 0 N–H and O–H groups in total. The van der Waals surface area contributed by atoms with Crippen molar-refractivity contribution in [3.8, 4) is 11.1 Å². The van der Waals surface area contributed by atoms with Crippen LogP contribution in [0.15, 0.2) is 42.5 Å². The Balaban J connectivity index is 2.58. The summed E-state index contributed by atoms with van der Waals surface area (Å²) >= 11 is 6.00. The van der Waals surface area contributed by atoms with Gasteiger partial charge in [-0.2, -0.15) is 0 Å². The summed E-state index contributed by atoms with van der Waals surface area (Å²) in [5.41, 5.74) is 5.15. The number of hydrogen-bond donors (Lipinski definition) is 0. The van der Waals surface area contributed by atoms with Gasteiger partial charge in [0.25, 0.3) is 0 Å². The molecule has 0 aromatic heterocycles. The minimum absolute atomic E-state index is 0.583. The lowest BCUT2D eigenvalue weighted by Crippen LogP contribution is -2.08. The van der Waals surface area contributed by atoms with Crippen LogP contribution in [0.3, 0.4) is 0 Å². The molecule has 0 aliphatic heterocycles. The van der Waals surface area contributed by atoms with E-state index < -0.39 is 0 Å². The van der Waals surface area contributed by atoms with E-state index in [1.165, 1.54) is 27.4 Å². The maximum Gasteiger partial charge on any atom is 0.0480 e. The number of aryl methyl sites for hydroxylation is 1. The van der Waals surface area contributed by atoms with Crippen LogP contribution in [0.5, 0.6) is 0 Å². The molecule has 0 amide bonds. The molecule has 0 aliphatic carbocycles. The van der Waals surface area contributed by atoms with Crippen molar-refractivity contribution in [3.05, 3.63) is 53.6 Å². The molecule has 0 saturated heterocycles. The maximum absolute atomic E-state index is 6.00. The van der Waals surface area contributed by atoms with Crippen molar-refractivity contribution in [1.82, 2.24) is 0 Å². The van der Waals surface area contributed by atoms with Crippen molar-refractivity contribution < 1.29 is 0 Å². The molecular weight excluding hydrogens is 232 g/mol. The molecule has 0 bridgehead atoms. The quantitative estimate of drug-likeness (QED) is 0.564. The summed E-state index contributed by atoms with van der Waals surface area (Å²) < 4.78 is 0. The van der Waals surface area contributed by atoms with Crippen molar-refractivity contribution in [3.63, 3.8) is 0 Å². The van der Waals surface area contributed by atoms with Crippen molar-refractivity contribution >= 4 is 27.0 Å². The summed E-state index contributed by atoms with van der Waals surface area (Å²) in [7, 11) is 1.05. The lowest BCUT2D eigenvalue weighted by molar-refractivity contribution is 1.40. The Morgan fingerprint density at radius 3 is 2.38 bits per heavy atom. The summed E-state index contributed by atoms with van der Waals surface area (Å²) in [5.74, 6) is 0.583. The van der Waals surface area contributed by atoms with E-state index >= 15 is 0 Å². The molecule has 0 unspecified atom stereocenters. The first kappa shape index (κ1) is 11.4. The largest absolute Gasteiger partial charge is 0.122 e.